The topological polar surface area (TPSA) is 47.6 Å². The van der Waals surface area contributed by atoms with E-state index in [0.29, 0.717) is 12.8 Å². The lowest BCUT2D eigenvalue weighted by atomic mass is 10.2. The van der Waals surface area contributed by atoms with Gasteiger partial charge < -0.3 is 0 Å². The Balaban J connectivity index is 2.79. The summed E-state index contributed by atoms with van der Waals surface area (Å²) in [5, 5.41) is 16.2. The van der Waals surface area contributed by atoms with Crippen molar-refractivity contribution in [3.63, 3.8) is 0 Å². The molecule has 2 heteroatoms. The van der Waals surface area contributed by atoms with Crippen molar-refractivity contribution >= 4 is 0 Å². The molecule has 1 radical (unpaired) electrons. The van der Waals surface area contributed by atoms with E-state index in [1.54, 1.807) is 0 Å². The SMILES string of the molecule is N#CCC[CH]CCC#N. The van der Waals surface area contributed by atoms with Crippen LogP contribution in [0.4, 0.5) is 0 Å². The lowest BCUT2D eigenvalue weighted by Gasteiger charge is -1.87. The van der Waals surface area contributed by atoms with E-state index in [9.17, 15) is 0 Å². The lowest BCUT2D eigenvalue weighted by Crippen LogP contribution is -1.75. The van der Waals surface area contributed by atoms with Crippen molar-refractivity contribution in [1.82, 2.24) is 0 Å². The maximum Gasteiger partial charge on any atom is 0.0621 e. The molecule has 0 bridgehead atoms. The van der Waals surface area contributed by atoms with E-state index in [1.807, 2.05) is 18.6 Å². The summed E-state index contributed by atoms with van der Waals surface area (Å²) in [5.41, 5.74) is 0. The molecule has 0 unspecified atom stereocenters. The Labute approximate surface area is 55.7 Å². The van der Waals surface area contributed by atoms with Crippen molar-refractivity contribution in [2.24, 2.45) is 0 Å². The predicted octanol–water partition coefficient (Wildman–Crippen LogP) is 1.80. The minimum Gasteiger partial charge on any atom is -0.198 e. The smallest absolute Gasteiger partial charge is 0.0621 e. The van der Waals surface area contributed by atoms with E-state index in [2.05, 4.69) is 0 Å². The molecule has 2 nitrogen and oxygen atoms in total. The predicted molar refractivity (Wildman–Crippen MR) is 34.0 cm³/mol. The minimum absolute atomic E-state index is 0.575. The highest BCUT2D eigenvalue weighted by molar-refractivity contribution is 4.79. The van der Waals surface area contributed by atoms with Crippen molar-refractivity contribution in [3.05, 3.63) is 6.42 Å². The van der Waals surface area contributed by atoms with Crippen molar-refractivity contribution in [2.75, 3.05) is 0 Å². The zero-order valence-corrected chi connectivity index (χ0v) is 5.30. The third-order valence-corrected chi connectivity index (χ3v) is 0.921. The fourth-order valence-electron chi connectivity index (χ4n) is 0.478. The number of hydrogen-bond donors (Lipinski definition) is 0. The Kier molecular flexibility index (Phi) is 6.19. The molecule has 0 fully saturated rings. The second-order valence-electron chi connectivity index (χ2n) is 1.68. The Morgan fingerprint density at radius 3 is 1.78 bits per heavy atom. The van der Waals surface area contributed by atoms with Gasteiger partial charge in [0.2, 0.25) is 0 Å². The third kappa shape index (κ3) is 6.98. The maximum absolute atomic E-state index is 8.09. The van der Waals surface area contributed by atoms with Gasteiger partial charge in [-0.1, -0.05) is 0 Å². The van der Waals surface area contributed by atoms with Crippen molar-refractivity contribution < 1.29 is 0 Å². The fourth-order valence-corrected chi connectivity index (χ4v) is 0.478. The molecule has 0 spiro atoms. The van der Waals surface area contributed by atoms with E-state index in [0.717, 1.165) is 12.8 Å². The summed E-state index contributed by atoms with van der Waals surface area (Å²) in [6, 6.07) is 4.06. The average molecular weight is 121 g/mol. The molecule has 0 aromatic rings. The molecular weight excluding hydrogens is 112 g/mol. The first-order valence-corrected chi connectivity index (χ1v) is 2.97. The number of nitrogens with zero attached hydrogens (tertiary/aromatic N) is 2. The van der Waals surface area contributed by atoms with Gasteiger partial charge in [-0.15, -0.1) is 0 Å². The van der Waals surface area contributed by atoms with Crippen LogP contribution < -0.4 is 0 Å². The zero-order valence-electron chi connectivity index (χ0n) is 5.30. The van der Waals surface area contributed by atoms with E-state index in [1.165, 1.54) is 0 Å². The standard InChI is InChI=1S/C7H9N2/c8-6-4-2-1-3-5-7-9/h1H,2-5H2. The molecule has 0 aliphatic heterocycles. The van der Waals surface area contributed by atoms with Gasteiger partial charge in [0.15, 0.2) is 0 Å². The maximum atomic E-state index is 8.09. The Morgan fingerprint density at radius 2 is 1.44 bits per heavy atom. The van der Waals surface area contributed by atoms with Gasteiger partial charge in [0, 0.05) is 12.8 Å². The van der Waals surface area contributed by atoms with Gasteiger partial charge in [-0.05, 0) is 19.3 Å². The van der Waals surface area contributed by atoms with Crippen molar-refractivity contribution in [3.8, 4) is 12.1 Å². The van der Waals surface area contributed by atoms with Gasteiger partial charge in [-0.25, -0.2) is 0 Å². The average Bonchev–Trinajstić information content (AvgIpc) is 1.89. The molecule has 0 heterocycles. The van der Waals surface area contributed by atoms with Crippen LogP contribution in [-0.4, -0.2) is 0 Å². The molecule has 0 saturated carbocycles. The molecule has 0 rings (SSSR count). The number of hydrogen-bond acceptors (Lipinski definition) is 2. The zero-order chi connectivity index (χ0) is 6.95. The molecule has 0 aromatic carbocycles. The molecule has 0 amide bonds. The quantitative estimate of drug-likeness (QED) is 0.532. The number of rotatable bonds is 4. The van der Waals surface area contributed by atoms with E-state index in [4.69, 9.17) is 10.5 Å². The van der Waals surface area contributed by atoms with Gasteiger partial charge in [0.25, 0.3) is 0 Å². The summed E-state index contributed by atoms with van der Waals surface area (Å²) in [6.45, 7) is 0. The highest BCUT2D eigenvalue weighted by Gasteiger charge is 1.86. The molecule has 9 heavy (non-hydrogen) atoms. The second kappa shape index (κ2) is 6.98. The monoisotopic (exact) mass is 121 g/mol. The number of unbranched alkanes of at least 4 members (excludes halogenated alkanes) is 4. The molecule has 0 N–H and O–H groups in total. The van der Waals surface area contributed by atoms with Gasteiger partial charge >= 0.3 is 0 Å². The largest absolute Gasteiger partial charge is 0.198 e. The van der Waals surface area contributed by atoms with E-state index >= 15 is 0 Å². The first kappa shape index (κ1) is 7.98. The van der Waals surface area contributed by atoms with Crippen molar-refractivity contribution in [1.29, 1.82) is 10.5 Å². The molecule has 0 aliphatic rings. The van der Waals surface area contributed by atoms with Gasteiger partial charge in [-0.2, -0.15) is 10.5 Å². The molecule has 47 valence electrons. The van der Waals surface area contributed by atoms with Crippen LogP contribution >= 0.6 is 0 Å². The molecule has 0 aliphatic carbocycles. The summed E-state index contributed by atoms with van der Waals surface area (Å²) in [4.78, 5) is 0. The lowest BCUT2D eigenvalue weighted by molar-refractivity contribution is 0.867. The third-order valence-electron chi connectivity index (χ3n) is 0.921. The van der Waals surface area contributed by atoms with E-state index < -0.39 is 0 Å². The van der Waals surface area contributed by atoms with E-state index in [-0.39, 0.29) is 0 Å². The fraction of sp³-hybridized carbons (Fsp3) is 0.571. The van der Waals surface area contributed by atoms with Crippen LogP contribution in [0.5, 0.6) is 0 Å². The van der Waals surface area contributed by atoms with Crippen LogP contribution in [-0.2, 0) is 0 Å². The molecule has 0 saturated heterocycles. The van der Waals surface area contributed by atoms with Crippen LogP contribution in [0.3, 0.4) is 0 Å². The molecule has 0 atom stereocenters. The Hall–Kier alpha value is -1.02. The van der Waals surface area contributed by atoms with Crippen LogP contribution in [0.1, 0.15) is 25.7 Å². The first-order chi connectivity index (χ1) is 4.41. The second-order valence-corrected chi connectivity index (χ2v) is 1.68. The molecular formula is C7H9N2. The summed E-state index contributed by atoms with van der Waals surface area (Å²) in [6.07, 6.45) is 4.76. The van der Waals surface area contributed by atoms with Gasteiger partial charge in [-0.3, -0.25) is 0 Å². The van der Waals surface area contributed by atoms with Gasteiger partial charge in [0.1, 0.15) is 0 Å². The van der Waals surface area contributed by atoms with Crippen LogP contribution in [0.2, 0.25) is 0 Å². The molecule has 0 aromatic heterocycles. The highest BCUT2D eigenvalue weighted by atomic mass is 14.2. The Morgan fingerprint density at radius 1 is 1.00 bits per heavy atom. The van der Waals surface area contributed by atoms with Crippen LogP contribution in [0, 0.1) is 29.1 Å². The summed E-state index contributed by atoms with van der Waals surface area (Å²) < 4.78 is 0. The van der Waals surface area contributed by atoms with Crippen molar-refractivity contribution in [2.45, 2.75) is 25.7 Å². The first-order valence-electron chi connectivity index (χ1n) is 2.97. The summed E-state index contributed by atoms with van der Waals surface area (Å²) in [5.74, 6) is 0. The summed E-state index contributed by atoms with van der Waals surface area (Å²) >= 11 is 0. The van der Waals surface area contributed by atoms with Crippen LogP contribution in [0.15, 0.2) is 0 Å². The van der Waals surface area contributed by atoms with Gasteiger partial charge in [0.05, 0.1) is 12.1 Å². The summed E-state index contributed by atoms with van der Waals surface area (Å²) in [7, 11) is 0. The normalized spacial score (nSPS) is 7.78. The highest BCUT2D eigenvalue weighted by Crippen LogP contribution is 1.98. The Bertz CT molecular complexity index is 111. The van der Waals surface area contributed by atoms with Crippen LogP contribution in [0.25, 0.3) is 0 Å². The number of nitriles is 2. The minimum atomic E-state index is 0.575.